The summed E-state index contributed by atoms with van der Waals surface area (Å²) in [6, 6.07) is 7.44. The van der Waals surface area contributed by atoms with Gasteiger partial charge in [0.05, 0.1) is 13.0 Å². The van der Waals surface area contributed by atoms with E-state index in [1.165, 1.54) is 0 Å². The number of ether oxygens (including phenoxy) is 1. The monoisotopic (exact) mass is 425 g/mol. The average molecular weight is 426 g/mol. The van der Waals surface area contributed by atoms with Crippen molar-refractivity contribution in [1.29, 1.82) is 0 Å². The van der Waals surface area contributed by atoms with Gasteiger partial charge in [0, 0.05) is 82.8 Å². The first-order valence-electron chi connectivity index (χ1n) is 11.0. The predicted molar refractivity (Wildman–Crippen MR) is 118 cm³/mol. The molecule has 2 aromatic rings. The summed E-state index contributed by atoms with van der Waals surface area (Å²) in [6.45, 7) is 7.59. The van der Waals surface area contributed by atoms with E-state index < -0.39 is 0 Å². The third-order valence-corrected chi connectivity index (χ3v) is 6.30. The molecule has 2 fully saturated rings. The normalized spacial score (nSPS) is 19.8. The molecular formula is C23H31N5O3. The molecule has 2 saturated heterocycles. The van der Waals surface area contributed by atoms with Crippen LogP contribution in [0.15, 0.2) is 36.7 Å². The van der Waals surface area contributed by atoms with Crippen LogP contribution in [0.25, 0.3) is 0 Å². The van der Waals surface area contributed by atoms with Gasteiger partial charge in [-0.15, -0.1) is 0 Å². The van der Waals surface area contributed by atoms with E-state index in [0.717, 1.165) is 44.1 Å². The smallest absolute Gasteiger partial charge is 0.228 e. The number of rotatable bonds is 7. The maximum Gasteiger partial charge on any atom is 0.228 e. The lowest BCUT2D eigenvalue weighted by molar-refractivity contribution is -0.137. The van der Waals surface area contributed by atoms with Crippen LogP contribution in [-0.2, 0) is 22.6 Å². The Hall–Kier alpha value is -2.87. The minimum Gasteiger partial charge on any atom is -0.497 e. The van der Waals surface area contributed by atoms with Crippen LogP contribution in [0, 0.1) is 5.92 Å². The maximum atomic E-state index is 13.1. The zero-order chi connectivity index (χ0) is 21.8. The molecule has 2 amide bonds. The fourth-order valence-electron chi connectivity index (χ4n) is 4.46. The van der Waals surface area contributed by atoms with E-state index in [2.05, 4.69) is 21.4 Å². The number of amides is 2. The highest BCUT2D eigenvalue weighted by Crippen LogP contribution is 2.29. The number of piperazine rings is 1. The van der Waals surface area contributed by atoms with Gasteiger partial charge in [0.1, 0.15) is 11.6 Å². The van der Waals surface area contributed by atoms with E-state index in [4.69, 9.17) is 4.74 Å². The first-order valence-corrected chi connectivity index (χ1v) is 11.0. The molecule has 4 rings (SSSR count). The second-order valence-electron chi connectivity index (χ2n) is 8.16. The molecule has 8 heteroatoms. The molecule has 31 heavy (non-hydrogen) atoms. The Bertz CT molecular complexity index is 919. The van der Waals surface area contributed by atoms with Gasteiger partial charge >= 0.3 is 0 Å². The molecular weight excluding hydrogens is 394 g/mol. The topological polar surface area (TPSA) is 70.9 Å². The molecule has 2 aliphatic rings. The Kier molecular flexibility index (Phi) is 6.56. The molecule has 0 N–H and O–H groups in total. The molecule has 1 aromatic carbocycles. The Morgan fingerprint density at radius 3 is 2.74 bits per heavy atom. The third kappa shape index (κ3) is 4.74. The molecule has 2 aliphatic heterocycles. The zero-order valence-corrected chi connectivity index (χ0v) is 18.4. The first kappa shape index (κ1) is 21.4. The second kappa shape index (κ2) is 9.51. The van der Waals surface area contributed by atoms with Crippen LogP contribution >= 0.6 is 0 Å². The van der Waals surface area contributed by atoms with Crippen molar-refractivity contribution in [2.45, 2.75) is 26.3 Å². The number of hydrogen-bond donors (Lipinski definition) is 0. The van der Waals surface area contributed by atoms with Crippen molar-refractivity contribution >= 4 is 17.5 Å². The third-order valence-electron chi connectivity index (χ3n) is 6.30. The van der Waals surface area contributed by atoms with E-state index in [1.807, 2.05) is 41.6 Å². The highest BCUT2D eigenvalue weighted by molar-refractivity contribution is 6.00. The van der Waals surface area contributed by atoms with Crippen molar-refractivity contribution < 1.29 is 14.3 Å². The van der Waals surface area contributed by atoms with Gasteiger partial charge in [-0.2, -0.15) is 0 Å². The summed E-state index contributed by atoms with van der Waals surface area (Å²) in [5, 5.41) is 0. The molecule has 1 atom stereocenters. The minimum atomic E-state index is -0.275. The Balaban J connectivity index is 1.28. The van der Waals surface area contributed by atoms with Crippen molar-refractivity contribution in [3.8, 4) is 5.75 Å². The number of hydrogen-bond acceptors (Lipinski definition) is 5. The van der Waals surface area contributed by atoms with Gasteiger partial charge in [-0.05, 0) is 12.1 Å². The lowest BCUT2D eigenvalue weighted by Crippen LogP contribution is -2.51. The molecule has 8 nitrogen and oxygen atoms in total. The molecule has 0 spiro atoms. The van der Waals surface area contributed by atoms with E-state index >= 15 is 0 Å². The van der Waals surface area contributed by atoms with Crippen LogP contribution in [-0.4, -0.2) is 77.5 Å². The maximum absolute atomic E-state index is 13.1. The summed E-state index contributed by atoms with van der Waals surface area (Å²) in [6.07, 6.45) is 5.09. The van der Waals surface area contributed by atoms with Crippen molar-refractivity contribution in [1.82, 2.24) is 19.4 Å². The van der Waals surface area contributed by atoms with Crippen LogP contribution < -0.4 is 9.64 Å². The fourth-order valence-corrected chi connectivity index (χ4v) is 4.46. The highest BCUT2D eigenvalue weighted by atomic mass is 16.5. The molecule has 0 saturated carbocycles. The molecule has 0 aliphatic carbocycles. The van der Waals surface area contributed by atoms with Gasteiger partial charge in [0.2, 0.25) is 11.8 Å². The minimum absolute atomic E-state index is 0.00250. The van der Waals surface area contributed by atoms with Crippen molar-refractivity contribution in [3.63, 3.8) is 0 Å². The number of carbonyl (C=O) groups is 2. The van der Waals surface area contributed by atoms with Crippen molar-refractivity contribution in [3.05, 3.63) is 42.5 Å². The number of carbonyl (C=O) groups excluding carboxylic acids is 2. The quantitative estimate of drug-likeness (QED) is 0.675. The van der Waals surface area contributed by atoms with E-state index in [9.17, 15) is 9.59 Å². The average Bonchev–Trinajstić information content (AvgIpc) is 3.43. The fraction of sp³-hybridized carbons (Fsp3) is 0.522. The van der Waals surface area contributed by atoms with Crippen LogP contribution in [0.5, 0.6) is 5.75 Å². The summed E-state index contributed by atoms with van der Waals surface area (Å²) in [7, 11) is 1.61. The number of anilines is 1. The lowest BCUT2D eigenvalue weighted by atomic mass is 10.1. The molecule has 0 bridgehead atoms. The number of methoxy groups -OCH3 is 1. The van der Waals surface area contributed by atoms with E-state index in [0.29, 0.717) is 25.4 Å². The summed E-state index contributed by atoms with van der Waals surface area (Å²) in [5.41, 5.74) is 0.787. The zero-order valence-electron chi connectivity index (χ0n) is 18.4. The summed E-state index contributed by atoms with van der Waals surface area (Å²) >= 11 is 0. The molecule has 3 heterocycles. The van der Waals surface area contributed by atoms with Gasteiger partial charge in [-0.1, -0.05) is 13.0 Å². The summed E-state index contributed by atoms with van der Waals surface area (Å²) in [5.74, 6) is 1.64. The van der Waals surface area contributed by atoms with Crippen LogP contribution in [0.4, 0.5) is 5.69 Å². The molecule has 0 radical (unpaired) electrons. The second-order valence-corrected chi connectivity index (χ2v) is 8.16. The Morgan fingerprint density at radius 2 is 2.00 bits per heavy atom. The SMILES string of the molecule is CCc1nccn1CCN1CCN(C(=O)C2CC(=O)N(c3cccc(OC)c3)C2)CC1. The summed E-state index contributed by atoms with van der Waals surface area (Å²) in [4.78, 5) is 36.0. The molecule has 1 aromatic heterocycles. The van der Waals surface area contributed by atoms with Gasteiger partial charge < -0.3 is 19.1 Å². The Morgan fingerprint density at radius 1 is 1.19 bits per heavy atom. The number of benzene rings is 1. The Labute approximate surface area is 183 Å². The van der Waals surface area contributed by atoms with E-state index in [1.54, 1.807) is 12.0 Å². The van der Waals surface area contributed by atoms with Crippen LogP contribution in [0.3, 0.4) is 0 Å². The van der Waals surface area contributed by atoms with Crippen molar-refractivity contribution in [2.24, 2.45) is 5.92 Å². The number of nitrogens with zero attached hydrogens (tertiary/aromatic N) is 5. The number of aryl methyl sites for hydroxylation is 1. The van der Waals surface area contributed by atoms with Crippen LogP contribution in [0.1, 0.15) is 19.2 Å². The molecule has 166 valence electrons. The van der Waals surface area contributed by atoms with Crippen LogP contribution in [0.2, 0.25) is 0 Å². The lowest BCUT2D eigenvalue weighted by Gasteiger charge is -2.36. The standard InChI is InChI=1S/C23H31N5O3/c1-3-21-24-7-8-26(21)12-9-25-10-13-27(14-11-25)23(30)18-15-22(29)28(17-18)19-5-4-6-20(16-19)31-2/h4-8,16,18H,3,9-15,17H2,1-2H3. The number of aromatic nitrogens is 2. The number of imidazole rings is 1. The highest BCUT2D eigenvalue weighted by Gasteiger charge is 2.38. The van der Waals surface area contributed by atoms with Gasteiger partial charge in [0.25, 0.3) is 0 Å². The molecule has 1 unspecified atom stereocenters. The van der Waals surface area contributed by atoms with Gasteiger partial charge in [-0.25, -0.2) is 4.98 Å². The first-order chi connectivity index (χ1) is 15.1. The van der Waals surface area contributed by atoms with Crippen molar-refractivity contribution in [2.75, 3.05) is 51.3 Å². The van der Waals surface area contributed by atoms with E-state index in [-0.39, 0.29) is 24.2 Å². The van der Waals surface area contributed by atoms with Gasteiger partial charge in [-0.3, -0.25) is 14.5 Å². The predicted octanol–water partition coefficient (Wildman–Crippen LogP) is 1.65. The largest absolute Gasteiger partial charge is 0.497 e. The summed E-state index contributed by atoms with van der Waals surface area (Å²) < 4.78 is 7.47. The van der Waals surface area contributed by atoms with Gasteiger partial charge in [0.15, 0.2) is 0 Å².